The molecule has 1 heterocycles. The SMILES string of the molecule is CC(=O)/C=C/C=C(\F)N1CCOCC1. The molecule has 0 N–H and O–H groups in total. The molecule has 0 spiro atoms. The summed E-state index contributed by atoms with van der Waals surface area (Å²) in [5.41, 5.74) is 0. The van der Waals surface area contributed by atoms with E-state index in [0.29, 0.717) is 26.3 Å². The van der Waals surface area contributed by atoms with E-state index >= 15 is 0 Å². The fourth-order valence-electron chi connectivity index (χ4n) is 1.15. The summed E-state index contributed by atoms with van der Waals surface area (Å²) in [7, 11) is 0. The Kier molecular flexibility index (Phi) is 4.32. The van der Waals surface area contributed by atoms with Crippen LogP contribution in [0.1, 0.15) is 6.92 Å². The second-order valence-corrected chi connectivity index (χ2v) is 3.06. The van der Waals surface area contributed by atoms with Gasteiger partial charge in [-0.2, -0.15) is 4.39 Å². The van der Waals surface area contributed by atoms with Crippen LogP contribution in [0.3, 0.4) is 0 Å². The molecule has 1 aliphatic rings. The lowest BCUT2D eigenvalue weighted by atomic mass is 10.3. The molecule has 0 amide bonds. The number of ketones is 1. The molecule has 1 rings (SSSR count). The van der Waals surface area contributed by atoms with Gasteiger partial charge in [0.2, 0.25) is 0 Å². The number of nitrogens with zero attached hydrogens (tertiary/aromatic N) is 1. The van der Waals surface area contributed by atoms with Gasteiger partial charge >= 0.3 is 0 Å². The first-order valence-corrected chi connectivity index (χ1v) is 4.57. The minimum absolute atomic E-state index is 0.0870. The molecule has 0 aromatic heterocycles. The highest BCUT2D eigenvalue weighted by molar-refractivity contribution is 5.87. The van der Waals surface area contributed by atoms with E-state index in [0.717, 1.165) is 0 Å². The van der Waals surface area contributed by atoms with Gasteiger partial charge in [0.1, 0.15) is 0 Å². The Morgan fingerprint density at radius 3 is 2.64 bits per heavy atom. The summed E-state index contributed by atoms with van der Waals surface area (Å²) in [6.07, 6.45) is 4.06. The number of rotatable bonds is 3. The van der Waals surface area contributed by atoms with Crippen molar-refractivity contribution in [1.82, 2.24) is 4.90 Å². The summed E-state index contributed by atoms with van der Waals surface area (Å²) in [5.74, 6) is -0.401. The number of allylic oxidation sites excluding steroid dienone is 3. The molecule has 1 aliphatic heterocycles. The van der Waals surface area contributed by atoms with Crippen LogP contribution in [0.4, 0.5) is 4.39 Å². The Labute approximate surface area is 82.8 Å². The van der Waals surface area contributed by atoms with E-state index in [9.17, 15) is 9.18 Å². The lowest BCUT2D eigenvalue weighted by Gasteiger charge is -2.26. The number of carbonyl (C=O) groups excluding carboxylic acids is 1. The summed E-state index contributed by atoms with van der Waals surface area (Å²) < 4.78 is 18.4. The monoisotopic (exact) mass is 199 g/mol. The first-order valence-electron chi connectivity index (χ1n) is 4.57. The van der Waals surface area contributed by atoms with Crippen molar-refractivity contribution in [2.45, 2.75) is 6.92 Å². The zero-order valence-corrected chi connectivity index (χ0v) is 8.20. The highest BCUT2D eigenvalue weighted by atomic mass is 19.1. The average Bonchev–Trinajstić information content (AvgIpc) is 2.18. The van der Waals surface area contributed by atoms with Crippen molar-refractivity contribution in [3.8, 4) is 0 Å². The van der Waals surface area contributed by atoms with E-state index in [1.165, 1.54) is 25.2 Å². The molecule has 1 fully saturated rings. The minimum atomic E-state index is -0.314. The van der Waals surface area contributed by atoms with E-state index in [1.807, 2.05) is 0 Å². The second kappa shape index (κ2) is 5.54. The summed E-state index contributed by atoms with van der Waals surface area (Å²) in [4.78, 5) is 12.1. The molecule has 0 bridgehead atoms. The van der Waals surface area contributed by atoms with Gasteiger partial charge in [0.25, 0.3) is 0 Å². The molecule has 4 heteroatoms. The number of carbonyl (C=O) groups is 1. The standard InChI is InChI=1S/C10H14FNO2/c1-9(13)3-2-4-10(11)12-5-7-14-8-6-12/h2-4H,5-8H2,1H3/b3-2+,10-4+. The van der Waals surface area contributed by atoms with Crippen molar-refractivity contribution in [3.05, 3.63) is 24.2 Å². The summed E-state index contributed by atoms with van der Waals surface area (Å²) in [6.45, 7) is 3.67. The molecule has 0 unspecified atom stereocenters. The van der Waals surface area contributed by atoms with Gasteiger partial charge in [-0.25, -0.2) is 0 Å². The molecule has 0 aromatic rings. The van der Waals surface area contributed by atoms with Crippen LogP contribution in [0.5, 0.6) is 0 Å². The van der Waals surface area contributed by atoms with Crippen LogP contribution >= 0.6 is 0 Å². The molecule has 0 saturated carbocycles. The van der Waals surface area contributed by atoms with Crippen molar-refractivity contribution in [1.29, 1.82) is 0 Å². The van der Waals surface area contributed by atoms with Crippen LogP contribution in [0.25, 0.3) is 0 Å². The zero-order chi connectivity index (χ0) is 10.4. The third-order valence-corrected chi connectivity index (χ3v) is 1.88. The molecule has 0 atom stereocenters. The van der Waals surface area contributed by atoms with Crippen molar-refractivity contribution in [2.24, 2.45) is 0 Å². The number of halogens is 1. The molecule has 78 valence electrons. The Hall–Kier alpha value is -1.16. The maximum Gasteiger partial charge on any atom is 0.189 e. The summed E-state index contributed by atoms with van der Waals surface area (Å²) in [6, 6.07) is 0. The topological polar surface area (TPSA) is 29.5 Å². The highest BCUT2D eigenvalue weighted by Crippen LogP contribution is 2.08. The molecular formula is C10H14FNO2. The maximum absolute atomic E-state index is 13.3. The van der Waals surface area contributed by atoms with Gasteiger partial charge in [-0.15, -0.1) is 0 Å². The highest BCUT2D eigenvalue weighted by Gasteiger charge is 2.11. The molecule has 14 heavy (non-hydrogen) atoms. The number of hydrogen-bond acceptors (Lipinski definition) is 3. The van der Waals surface area contributed by atoms with Crippen LogP contribution in [0, 0.1) is 0 Å². The van der Waals surface area contributed by atoms with Crippen LogP contribution < -0.4 is 0 Å². The van der Waals surface area contributed by atoms with Gasteiger partial charge in [0.05, 0.1) is 13.2 Å². The summed E-state index contributed by atoms with van der Waals surface area (Å²) in [5, 5.41) is 0. The number of morpholine rings is 1. The largest absolute Gasteiger partial charge is 0.378 e. The number of hydrogen-bond donors (Lipinski definition) is 0. The van der Waals surface area contributed by atoms with Crippen LogP contribution in [0.2, 0.25) is 0 Å². The molecule has 3 nitrogen and oxygen atoms in total. The lowest BCUT2D eigenvalue weighted by molar-refractivity contribution is -0.112. The number of ether oxygens (including phenoxy) is 1. The Morgan fingerprint density at radius 1 is 1.43 bits per heavy atom. The van der Waals surface area contributed by atoms with Gasteiger partial charge in [-0.3, -0.25) is 4.79 Å². The molecule has 0 radical (unpaired) electrons. The fraction of sp³-hybridized carbons (Fsp3) is 0.500. The predicted molar refractivity (Wildman–Crippen MR) is 51.4 cm³/mol. The van der Waals surface area contributed by atoms with Gasteiger partial charge < -0.3 is 9.64 Å². The quantitative estimate of drug-likeness (QED) is 0.389. The Morgan fingerprint density at radius 2 is 2.07 bits per heavy atom. The maximum atomic E-state index is 13.3. The average molecular weight is 199 g/mol. The molecule has 0 aliphatic carbocycles. The first-order chi connectivity index (χ1) is 6.70. The zero-order valence-electron chi connectivity index (χ0n) is 8.20. The van der Waals surface area contributed by atoms with Gasteiger partial charge in [-0.1, -0.05) is 6.08 Å². The Bertz CT molecular complexity index is 255. The summed E-state index contributed by atoms with van der Waals surface area (Å²) >= 11 is 0. The smallest absolute Gasteiger partial charge is 0.189 e. The normalized spacial score (nSPS) is 19.0. The van der Waals surface area contributed by atoms with E-state index in [2.05, 4.69) is 0 Å². The third kappa shape index (κ3) is 3.70. The van der Waals surface area contributed by atoms with Crippen molar-refractivity contribution in [2.75, 3.05) is 26.3 Å². The van der Waals surface area contributed by atoms with E-state index < -0.39 is 0 Å². The van der Waals surface area contributed by atoms with Gasteiger partial charge in [0.15, 0.2) is 11.7 Å². The predicted octanol–water partition coefficient (Wildman–Crippen LogP) is 1.27. The van der Waals surface area contributed by atoms with Crippen molar-refractivity contribution >= 4 is 5.78 Å². The van der Waals surface area contributed by atoms with Gasteiger partial charge in [-0.05, 0) is 19.1 Å². The van der Waals surface area contributed by atoms with E-state index in [1.54, 1.807) is 4.90 Å². The van der Waals surface area contributed by atoms with E-state index in [4.69, 9.17) is 4.74 Å². The van der Waals surface area contributed by atoms with Crippen LogP contribution in [0.15, 0.2) is 24.2 Å². The van der Waals surface area contributed by atoms with Crippen LogP contribution in [-0.4, -0.2) is 37.0 Å². The molecule has 1 saturated heterocycles. The third-order valence-electron chi connectivity index (χ3n) is 1.88. The van der Waals surface area contributed by atoms with Crippen molar-refractivity contribution < 1.29 is 13.9 Å². The lowest BCUT2D eigenvalue weighted by Crippen LogP contribution is -2.34. The van der Waals surface area contributed by atoms with Crippen LogP contribution in [-0.2, 0) is 9.53 Å². The fourth-order valence-corrected chi connectivity index (χ4v) is 1.15. The van der Waals surface area contributed by atoms with Crippen molar-refractivity contribution in [3.63, 3.8) is 0 Å². The minimum Gasteiger partial charge on any atom is -0.378 e. The second-order valence-electron chi connectivity index (χ2n) is 3.06. The first kappa shape index (κ1) is 10.9. The van der Waals surface area contributed by atoms with Gasteiger partial charge in [0, 0.05) is 13.1 Å². The molecular weight excluding hydrogens is 185 g/mol. The van der Waals surface area contributed by atoms with E-state index in [-0.39, 0.29) is 11.7 Å². The Balaban J connectivity index is 2.45. The molecule has 0 aromatic carbocycles.